The smallest absolute Gasteiger partial charge is 0.269 e. The molecule has 0 spiro atoms. The van der Waals surface area contributed by atoms with E-state index in [-0.39, 0.29) is 11.7 Å². The Kier molecular flexibility index (Phi) is 4.64. The van der Waals surface area contributed by atoms with Crippen molar-refractivity contribution in [3.63, 3.8) is 0 Å². The van der Waals surface area contributed by atoms with Crippen LogP contribution in [0.2, 0.25) is 0 Å². The van der Waals surface area contributed by atoms with Crippen LogP contribution in [0.25, 0.3) is 0 Å². The second kappa shape index (κ2) is 6.45. The monoisotopic (exact) mass is 306 g/mol. The molecule has 0 aliphatic carbocycles. The molecule has 21 heavy (non-hydrogen) atoms. The van der Waals surface area contributed by atoms with Gasteiger partial charge in [0.25, 0.3) is 5.91 Å². The number of rotatable bonds is 5. The third-order valence-corrected chi connectivity index (χ3v) is 4.18. The Balaban J connectivity index is 2.14. The molecule has 0 bridgehead atoms. The molecule has 0 aliphatic heterocycles. The first-order chi connectivity index (χ1) is 10.0. The third-order valence-electron chi connectivity index (χ3n) is 3.00. The number of nitrogens with two attached hydrogens (primary N) is 1. The van der Waals surface area contributed by atoms with Gasteiger partial charge in [0.05, 0.1) is 7.11 Å². The maximum atomic E-state index is 12.2. The van der Waals surface area contributed by atoms with E-state index in [1.54, 1.807) is 31.4 Å². The van der Waals surface area contributed by atoms with Gasteiger partial charge in [-0.1, -0.05) is 11.3 Å². The second-order valence-corrected chi connectivity index (χ2v) is 5.39. The maximum absolute atomic E-state index is 12.2. The van der Waals surface area contributed by atoms with E-state index in [4.69, 9.17) is 10.5 Å². The van der Waals surface area contributed by atoms with Crippen molar-refractivity contribution in [2.75, 3.05) is 36.7 Å². The number of nitrogen functional groups attached to an aromatic ring is 1. The number of amides is 1. The number of carbonyl (C=O) groups excluding carboxylic acids is 1. The van der Waals surface area contributed by atoms with Gasteiger partial charge in [-0.25, -0.2) is 4.98 Å². The topological polar surface area (TPSA) is 80.5 Å². The molecule has 3 N–H and O–H groups in total. The van der Waals surface area contributed by atoms with Gasteiger partial charge < -0.3 is 20.7 Å². The zero-order chi connectivity index (χ0) is 15.4. The van der Waals surface area contributed by atoms with Crippen LogP contribution in [0, 0.1) is 0 Å². The molecule has 0 radical (unpaired) electrons. The predicted octanol–water partition coefficient (Wildman–Crippen LogP) is 2.44. The lowest BCUT2D eigenvalue weighted by molar-refractivity contribution is 0.103. The van der Waals surface area contributed by atoms with Gasteiger partial charge in [0.2, 0.25) is 0 Å². The first-order valence-electron chi connectivity index (χ1n) is 6.48. The van der Waals surface area contributed by atoms with Gasteiger partial charge in [-0.2, -0.15) is 0 Å². The molecule has 2 rings (SSSR count). The van der Waals surface area contributed by atoms with Gasteiger partial charge in [-0.15, -0.1) is 0 Å². The zero-order valence-electron chi connectivity index (χ0n) is 12.2. The average molecular weight is 306 g/mol. The van der Waals surface area contributed by atoms with Crippen molar-refractivity contribution >= 4 is 33.9 Å². The lowest BCUT2D eigenvalue weighted by atomic mass is 10.3. The number of ether oxygens (including phenoxy) is 1. The summed E-state index contributed by atoms with van der Waals surface area (Å²) < 4.78 is 5.07. The van der Waals surface area contributed by atoms with E-state index in [2.05, 4.69) is 10.3 Å². The summed E-state index contributed by atoms with van der Waals surface area (Å²) in [5, 5.41) is 3.53. The second-order valence-electron chi connectivity index (χ2n) is 4.41. The third kappa shape index (κ3) is 3.43. The van der Waals surface area contributed by atoms with Crippen LogP contribution >= 0.6 is 11.3 Å². The van der Waals surface area contributed by atoms with Gasteiger partial charge in [-0.05, 0) is 31.2 Å². The average Bonchev–Trinajstić information content (AvgIpc) is 2.89. The van der Waals surface area contributed by atoms with Crippen molar-refractivity contribution in [3.05, 3.63) is 29.1 Å². The Hall–Kier alpha value is -2.28. The Morgan fingerprint density at radius 3 is 2.67 bits per heavy atom. The normalized spacial score (nSPS) is 10.2. The molecule has 1 aromatic heterocycles. The molecule has 0 saturated heterocycles. The van der Waals surface area contributed by atoms with Crippen LogP contribution in [0.5, 0.6) is 5.75 Å². The molecule has 0 aliphatic rings. The summed E-state index contributed by atoms with van der Waals surface area (Å²) in [6, 6.07) is 7.10. The highest BCUT2D eigenvalue weighted by atomic mass is 32.1. The van der Waals surface area contributed by atoms with E-state index in [1.165, 1.54) is 11.3 Å². The Labute approximate surface area is 127 Å². The molecule has 0 fully saturated rings. The molecule has 112 valence electrons. The number of hydrogen-bond acceptors (Lipinski definition) is 6. The van der Waals surface area contributed by atoms with Crippen molar-refractivity contribution < 1.29 is 9.53 Å². The Morgan fingerprint density at radius 1 is 1.43 bits per heavy atom. The summed E-state index contributed by atoms with van der Waals surface area (Å²) in [5.74, 6) is 0.726. The SMILES string of the molecule is CCN(C)c1nc(N)c(C(=O)Nc2ccc(OC)cc2)s1. The first-order valence-corrected chi connectivity index (χ1v) is 7.29. The van der Waals surface area contributed by atoms with Gasteiger partial charge in [0.15, 0.2) is 5.13 Å². The van der Waals surface area contributed by atoms with Crippen molar-refractivity contribution in [1.82, 2.24) is 4.98 Å². The van der Waals surface area contributed by atoms with Crippen LogP contribution in [0.4, 0.5) is 16.6 Å². The lowest BCUT2D eigenvalue weighted by Crippen LogP contribution is -2.15. The Morgan fingerprint density at radius 2 is 2.10 bits per heavy atom. The summed E-state index contributed by atoms with van der Waals surface area (Å²) in [6.07, 6.45) is 0. The van der Waals surface area contributed by atoms with Crippen molar-refractivity contribution in [2.24, 2.45) is 0 Å². The molecular formula is C14H18N4O2S. The fraction of sp³-hybridized carbons (Fsp3) is 0.286. The van der Waals surface area contributed by atoms with Crippen LogP contribution in [0.1, 0.15) is 16.6 Å². The number of carbonyl (C=O) groups is 1. The van der Waals surface area contributed by atoms with E-state index in [0.29, 0.717) is 10.6 Å². The van der Waals surface area contributed by atoms with E-state index in [0.717, 1.165) is 17.4 Å². The number of aromatic nitrogens is 1. The number of nitrogens with one attached hydrogen (secondary N) is 1. The van der Waals surface area contributed by atoms with Crippen molar-refractivity contribution in [2.45, 2.75) is 6.92 Å². The minimum atomic E-state index is -0.258. The highest BCUT2D eigenvalue weighted by Gasteiger charge is 2.17. The molecule has 1 heterocycles. The van der Waals surface area contributed by atoms with E-state index >= 15 is 0 Å². The van der Waals surface area contributed by atoms with E-state index in [9.17, 15) is 4.79 Å². The summed E-state index contributed by atoms with van der Waals surface area (Å²) >= 11 is 1.28. The summed E-state index contributed by atoms with van der Waals surface area (Å²) in [4.78, 5) is 18.8. The lowest BCUT2D eigenvalue weighted by Gasteiger charge is -2.10. The minimum absolute atomic E-state index is 0.251. The number of anilines is 3. The van der Waals surface area contributed by atoms with Crippen molar-refractivity contribution in [3.8, 4) is 5.75 Å². The van der Waals surface area contributed by atoms with Crippen LogP contribution in [-0.2, 0) is 0 Å². The summed E-state index contributed by atoms with van der Waals surface area (Å²) in [5.41, 5.74) is 6.51. The van der Waals surface area contributed by atoms with Gasteiger partial charge in [0.1, 0.15) is 16.4 Å². The van der Waals surface area contributed by atoms with E-state index in [1.807, 2.05) is 18.9 Å². The van der Waals surface area contributed by atoms with Gasteiger partial charge in [-0.3, -0.25) is 4.79 Å². The molecular weight excluding hydrogens is 288 g/mol. The summed E-state index contributed by atoms with van der Waals surface area (Å²) in [7, 11) is 3.50. The van der Waals surface area contributed by atoms with Gasteiger partial charge in [0, 0.05) is 19.3 Å². The number of hydrogen-bond donors (Lipinski definition) is 2. The standard InChI is InChI=1S/C14H18N4O2S/c1-4-18(2)14-17-12(15)11(21-14)13(19)16-9-5-7-10(20-3)8-6-9/h5-8H,4,15H2,1-3H3,(H,16,19). The quantitative estimate of drug-likeness (QED) is 0.887. The summed E-state index contributed by atoms with van der Waals surface area (Å²) in [6.45, 7) is 2.81. The zero-order valence-corrected chi connectivity index (χ0v) is 13.0. The van der Waals surface area contributed by atoms with Crippen LogP contribution in [0.3, 0.4) is 0 Å². The fourth-order valence-corrected chi connectivity index (χ4v) is 2.55. The van der Waals surface area contributed by atoms with Crippen molar-refractivity contribution in [1.29, 1.82) is 0 Å². The molecule has 0 unspecified atom stereocenters. The number of benzene rings is 1. The largest absolute Gasteiger partial charge is 0.497 e. The number of thiazole rings is 1. The maximum Gasteiger partial charge on any atom is 0.269 e. The molecule has 2 aromatic rings. The van der Waals surface area contributed by atoms with E-state index < -0.39 is 0 Å². The number of nitrogens with zero attached hydrogens (tertiary/aromatic N) is 2. The molecule has 1 amide bonds. The molecule has 0 saturated carbocycles. The highest BCUT2D eigenvalue weighted by molar-refractivity contribution is 7.18. The van der Waals surface area contributed by atoms with Crippen LogP contribution in [0.15, 0.2) is 24.3 Å². The molecule has 6 nitrogen and oxygen atoms in total. The highest BCUT2D eigenvalue weighted by Crippen LogP contribution is 2.28. The minimum Gasteiger partial charge on any atom is -0.497 e. The van der Waals surface area contributed by atoms with Gasteiger partial charge >= 0.3 is 0 Å². The Bertz CT molecular complexity index is 624. The number of methoxy groups -OCH3 is 1. The molecule has 1 aromatic carbocycles. The molecule has 7 heteroatoms. The first kappa shape index (κ1) is 15.1. The van der Waals surface area contributed by atoms with Crippen LogP contribution in [-0.4, -0.2) is 31.6 Å². The fourth-order valence-electron chi connectivity index (χ4n) is 1.64. The molecule has 0 atom stereocenters. The predicted molar refractivity (Wildman–Crippen MR) is 86.4 cm³/mol. The van der Waals surface area contributed by atoms with Crippen LogP contribution < -0.4 is 20.7 Å².